The van der Waals surface area contributed by atoms with Crippen molar-refractivity contribution >= 4 is 11.0 Å². The number of ether oxygens (including phenoxy) is 2. The summed E-state index contributed by atoms with van der Waals surface area (Å²) in [5.41, 5.74) is 1.87. The molecule has 0 spiro atoms. The second kappa shape index (κ2) is 3.62. The molecule has 1 aromatic carbocycles. The van der Waals surface area contributed by atoms with Gasteiger partial charge in [-0.2, -0.15) is 0 Å². The molecule has 4 rings (SSSR count). The summed E-state index contributed by atoms with van der Waals surface area (Å²) >= 11 is 0. The topological polar surface area (TPSA) is 67.4 Å². The maximum absolute atomic E-state index is 9.35. The molecule has 0 saturated heterocycles. The Kier molecular flexibility index (Phi) is 2.05. The zero-order chi connectivity index (χ0) is 12.1. The third kappa shape index (κ3) is 1.47. The molecule has 2 aromatic rings. The molecule has 18 heavy (non-hydrogen) atoms. The van der Waals surface area contributed by atoms with Gasteiger partial charge in [0.25, 0.3) is 0 Å². The van der Waals surface area contributed by atoms with Crippen molar-refractivity contribution in [2.45, 2.75) is 24.9 Å². The molecule has 1 fully saturated rings. The van der Waals surface area contributed by atoms with Gasteiger partial charge < -0.3 is 19.6 Å². The largest absolute Gasteiger partial charge is 0.486 e. The summed E-state index contributed by atoms with van der Waals surface area (Å²) in [7, 11) is 0. The summed E-state index contributed by atoms with van der Waals surface area (Å²) in [5, 5.41) is 9.35. The second-order valence-corrected chi connectivity index (χ2v) is 4.96. The van der Waals surface area contributed by atoms with Gasteiger partial charge in [0.15, 0.2) is 11.5 Å². The van der Waals surface area contributed by atoms with Crippen molar-refractivity contribution in [3.63, 3.8) is 0 Å². The third-order valence-corrected chi connectivity index (χ3v) is 3.66. The second-order valence-electron chi connectivity index (χ2n) is 4.96. The molecule has 5 heteroatoms. The first kappa shape index (κ1) is 10.2. The molecule has 2 N–H and O–H groups in total. The van der Waals surface area contributed by atoms with Gasteiger partial charge in [-0.15, -0.1) is 0 Å². The lowest BCUT2D eigenvalue weighted by Crippen LogP contribution is -2.27. The summed E-state index contributed by atoms with van der Waals surface area (Å²) in [6.07, 6.45) is 1.43. The first-order valence-corrected chi connectivity index (χ1v) is 6.27. The van der Waals surface area contributed by atoms with E-state index in [0.717, 1.165) is 41.2 Å². The maximum atomic E-state index is 9.35. The smallest absolute Gasteiger partial charge is 0.163 e. The number of aromatic nitrogens is 2. The average Bonchev–Trinajstić information content (AvgIpc) is 2.74. The molecule has 0 amide bonds. The molecular formula is C13H14N2O3. The van der Waals surface area contributed by atoms with Crippen molar-refractivity contribution in [1.82, 2.24) is 9.97 Å². The number of benzene rings is 1. The zero-order valence-electron chi connectivity index (χ0n) is 9.85. The number of aliphatic hydroxyl groups is 1. The zero-order valence-corrected chi connectivity index (χ0v) is 9.85. The monoisotopic (exact) mass is 246 g/mol. The Morgan fingerprint density at radius 1 is 1.17 bits per heavy atom. The van der Waals surface area contributed by atoms with E-state index >= 15 is 0 Å². The van der Waals surface area contributed by atoms with Crippen molar-refractivity contribution in [3.05, 3.63) is 18.0 Å². The van der Waals surface area contributed by atoms with Crippen LogP contribution in [0, 0.1) is 0 Å². The first-order chi connectivity index (χ1) is 8.79. The number of nitrogens with one attached hydrogen (secondary N) is 1. The molecule has 1 aliphatic carbocycles. The van der Waals surface area contributed by atoms with Crippen LogP contribution in [0.3, 0.4) is 0 Å². The maximum Gasteiger partial charge on any atom is 0.163 e. The van der Waals surface area contributed by atoms with E-state index in [2.05, 4.69) is 9.97 Å². The Hall–Kier alpha value is -1.75. The van der Waals surface area contributed by atoms with E-state index in [1.54, 1.807) is 0 Å². The van der Waals surface area contributed by atoms with E-state index in [1.165, 1.54) is 0 Å². The van der Waals surface area contributed by atoms with Crippen LogP contribution in [0.15, 0.2) is 12.1 Å². The fourth-order valence-electron chi connectivity index (χ4n) is 2.57. The van der Waals surface area contributed by atoms with Crippen molar-refractivity contribution in [2.24, 2.45) is 0 Å². The normalized spacial score (nSPS) is 26.1. The van der Waals surface area contributed by atoms with Gasteiger partial charge in [-0.3, -0.25) is 0 Å². The molecule has 2 aliphatic rings. The lowest BCUT2D eigenvalue weighted by atomic mass is 9.82. The van der Waals surface area contributed by atoms with Crippen LogP contribution in [-0.4, -0.2) is 34.4 Å². The number of nitrogens with zero attached hydrogens (tertiary/aromatic N) is 1. The minimum absolute atomic E-state index is 0.164. The van der Waals surface area contributed by atoms with Crippen LogP contribution in [0.2, 0.25) is 0 Å². The highest BCUT2D eigenvalue weighted by Crippen LogP contribution is 2.38. The summed E-state index contributed by atoms with van der Waals surface area (Å²) in [5.74, 6) is 2.85. The number of rotatable bonds is 1. The van der Waals surface area contributed by atoms with E-state index in [1.807, 2.05) is 12.1 Å². The average molecular weight is 246 g/mol. The van der Waals surface area contributed by atoms with Gasteiger partial charge >= 0.3 is 0 Å². The highest BCUT2D eigenvalue weighted by molar-refractivity contribution is 5.80. The van der Waals surface area contributed by atoms with Crippen LogP contribution in [-0.2, 0) is 0 Å². The molecule has 94 valence electrons. The lowest BCUT2D eigenvalue weighted by Gasteiger charge is -2.29. The SMILES string of the molecule is OC1CC(c2nc3cc4c(cc3[nH]2)OCCO4)C1. The van der Waals surface area contributed by atoms with Crippen molar-refractivity contribution in [3.8, 4) is 11.5 Å². The van der Waals surface area contributed by atoms with E-state index in [-0.39, 0.29) is 6.10 Å². The van der Waals surface area contributed by atoms with Gasteiger partial charge in [0.1, 0.15) is 19.0 Å². The van der Waals surface area contributed by atoms with Gasteiger partial charge in [-0.25, -0.2) is 4.98 Å². The Bertz CT molecular complexity index is 559. The van der Waals surface area contributed by atoms with E-state index < -0.39 is 0 Å². The fraction of sp³-hybridized carbons (Fsp3) is 0.462. The van der Waals surface area contributed by atoms with E-state index in [4.69, 9.17) is 9.47 Å². The molecule has 1 saturated carbocycles. The van der Waals surface area contributed by atoms with E-state index in [0.29, 0.717) is 19.1 Å². The minimum atomic E-state index is -0.164. The molecule has 2 heterocycles. The quantitative estimate of drug-likeness (QED) is 0.801. The number of hydrogen-bond donors (Lipinski definition) is 2. The molecule has 0 bridgehead atoms. The van der Waals surface area contributed by atoms with Crippen molar-refractivity contribution < 1.29 is 14.6 Å². The summed E-state index contributed by atoms with van der Waals surface area (Å²) < 4.78 is 11.1. The van der Waals surface area contributed by atoms with Crippen LogP contribution in [0.1, 0.15) is 24.6 Å². The molecule has 1 aliphatic heterocycles. The van der Waals surface area contributed by atoms with Crippen molar-refractivity contribution in [2.75, 3.05) is 13.2 Å². The number of aromatic amines is 1. The van der Waals surface area contributed by atoms with Crippen molar-refractivity contribution in [1.29, 1.82) is 0 Å². The van der Waals surface area contributed by atoms with Gasteiger partial charge in [0, 0.05) is 18.1 Å². The fourth-order valence-corrected chi connectivity index (χ4v) is 2.57. The minimum Gasteiger partial charge on any atom is -0.486 e. The Balaban J connectivity index is 1.75. The predicted molar refractivity (Wildman–Crippen MR) is 65.1 cm³/mol. The molecule has 0 unspecified atom stereocenters. The molecule has 1 aromatic heterocycles. The van der Waals surface area contributed by atoms with Gasteiger partial charge in [0.05, 0.1) is 17.1 Å². The Morgan fingerprint density at radius 3 is 2.61 bits per heavy atom. The number of aliphatic hydroxyl groups excluding tert-OH is 1. The van der Waals surface area contributed by atoms with Crippen LogP contribution in [0.25, 0.3) is 11.0 Å². The number of hydrogen-bond acceptors (Lipinski definition) is 4. The molecule has 0 atom stereocenters. The first-order valence-electron chi connectivity index (χ1n) is 6.27. The molecular weight excluding hydrogens is 232 g/mol. The number of H-pyrrole nitrogens is 1. The summed E-state index contributed by atoms with van der Waals surface area (Å²) in [4.78, 5) is 7.89. The van der Waals surface area contributed by atoms with Gasteiger partial charge in [-0.1, -0.05) is 0 Å². The Labute approximate surface area is 104 Å². The van der Waals surface area contributed by atoms with Crippen LogP contribution in [0.4, 0.5) is 0 Å². The van der Waals surface area contributed by atoms with Crippen LogP contribution in [0.5, 0.6) is 11.5 Å². The highest BCUT2D eigenvalue weighted by Gasteiger charge is 2.31. The van der Waals surface area contributed by atoms with Gasteiger partial charge in [-0.05, 0) is 12.8 Å². The highest BCUT2D eigenvalue weighted by atomic mass is 16.6. The van der Waals surface area contributed by atoms with E-state index in [9.17, 15) is 5.11 Å². The summed E-state index contributed by atoms with van der Waals surface area (Å²) in [6, 6.07) is 3.86. The predicted octanol–water partition coefficient (Wildman–Crippen LogP) is 1.57. The van der Waals surface area contributed by atoms with Crippen LogP contribution < -0.4 is 9.47 Å². The summed E-state index contributed by atoms with van der Waals surface area (Å²) in [6.45, 7) is 1.18. The van der Waals surface area contributed by atoms with Crippen LogP contribution >= 0.6 is 0 Å². The standard InChI is InChI=1S/C13H14N2O3/c16-8-3-7(4-8)13-14-9-5-11-12(6-10(9)15-13)18-2-1-17-11/h5-8,16H,1-4H2,(H,14,15). The van der Waals surface area contributed by atoms with Gasteiger partial charge in [0.2, 0.25) is 0 Å². The molecule has 0 radical (unpaired) electrons. The lowest BCUT2D eigenvalue weighted by molar-refractivity contribution is 0.0720. The molecule has 5 nitrogen and oxygen atoms in total. The number of imidazole rings is 1. The Morgan fingerprint density at radius 2 is 1.89 bits per heavy atom. The third-order valence-electron chi connectivity index (χ3n) is 3.66. The number of fused-ring (bicyclic) bond motifs is 2.